The van der Waals surface area contributed by atoms with Crippen LogP contribution in [0.15, 0.2) is 11.1 Å². The predicted octanol–water partition coefficient (Wildman–Crippen LogP) is -0.411. The summed E-state index contributed by atoms with van der Waals surface area (Å²) in [4.78, 5) is 2.47. The molecule has 0 N–H and O–H groups in total. The summed E-state index contributed by atoms with van der Waals surface area (Å²) in [5, 5.41) is 11.6. The first kappa shape index (κ1) is 14.7. The number of hydrogen-bond acceptors (Lipinski definition) is 3. The van der Waals surface area contributed by atoms with Crippen molar-refractivity contribution >= 4 is 33.4 Å². The van der Waals surface area contributed by atoms with Crippen LogP contribution in [0, 0.1) is 11.3 Å². The molecule has 1 aromatic heterocycles. The van der Waals surface area contributed by atoms with Gasteiger partial charge in [-0.2, -0.15) is 9.83 Å². The van der Waals surface area contributed by atoms with Crippen LogP contribution < -0.4 is 26.4 Å². The molecular formula is C14H15Br2N3S. The standard InChI is InChI=1S/C14H15BrN3S.BrH/c15-6-11-8-19-14-10(7-16)5-12-13(18(11)14)9-1-3-17(12)4-2-9;/h5,9,11H,1-4,6,8H2;1H/q+1;/p-1. The second-order valence-electron chi connectivity index (χ2n) is 5.50. The molecule has 106 valence electrons. The van der Waals surface area contributed by atoms with Gasteiger partial charge in [-0.1, -0.05) is 15.9 Å². The molecular weight excluding hydrogens is 402 g/mol. The fourth-order valence-corrected chi connectivity index (χ4v) is 5.73. The molecule has 5 rings (SSSR count). The molecule has 5 heterocycles. The second-order valence-corrected chi connectivity index (χ2v) is 7.15. The molecule has 20 heavy (non-hydrogen) atoms. The SMILES string of the molecule is N#Cc1cc2c([n+]3c1SCC3CBr)C1CCN2CC1.[Br-]. The molecule has 2 bridgehead atoms. The lowest BCUT2D eigenvalue weighted by Gasteiger charge is -2.40. The molecule has 4 aliphatic heterocycles. The third kappa shape index (κ3) is 1.93. The van der Waals surface area contributed by atoms with Gasteiger partial charge in [0.25, 0.3) is 5.03 Å². The van der Waals surface area contributed by atoms with Gasteiger partial charge in [-0.15, -0.1) is 0 Å². The Labute approximate surface area is 142 Å². The van der Waals surface area contributed by atoms with Crippen molar-refractivity contribution in [1.82, 2.24) is 0 Å². The Bertz CT molecular complexity index is 591. The summed E-state index contributed by atoms with van der Waals surface area (Å²) in [7, 11) is 0. The van der Waals surface area contributed by atoms with Gasteiger partial charge in [-0.05, 0) is 30.7 Å². The summed E-state index contributed by atoms with van der Waals surface area (Å²) >= 11 is 5.49. The zero-order chi connectivity index (χ0) is 13.0. The number of piperidine rings is 1. The second kappa shape index (κ2) is 5.51. The van der Waals surface area contributed by atoms with Crippen molar-refractivity contribution in [3.63, 3.8) is 0 Å². The third-order valence-electron chi connectivity index (χ3n) is 4.55. The normalized spacial score (nSPS) is 23.0. The number of nitriles is 1. The van der Waals surface area contributed by atoms with E-state index >= 15 is 0 Å². The average Bonchev–Trinajstić information content (AvgIpc) is 2.91. The van der Waals surface area contributed by atoms with Crippen LogP contribution >= 0.6 is 27.7 Å². The van der Waals surface area contributed by atoms with Crippen LogP contribution in [0.1, 0.15) is 36.1 Å². The molecule has 0 saturated carbocycles. The Kier molecular flexibility index (Phi) is 4.04. The van der Waals surface area contributed by atoms with Gasteiger partial charge in [0, 0.05) is 19.0 Å². The van der Waals surface area contributed by atoms with E-state index < -0.39 is 0 Å². The zero-order valence-corrected chi connectivity index (χ0v) is 15.0. The molecule has 4 aliphatic rings. The average molecular weight is 417 g/mol. The monoisotopic (exact) mass is 415 g/mol. The lowest BCUT2D eigenvalue weighted by atomic mass is 9.85. The number of alkyl halides is 1. The largest absolute Gasteiger partial charge is 1.00 e. The highest BCUT2D eigenvalue weighted by Gasteiger charge is 2.45. The molecule has 0 aliphatic carbocycles. The predicted molar refractivity (Wildman–Crippen MR) is 79.1 cm³/mol. The molecule has 0 spiro atoms. The Morgan fingerprint density at radius 2 is 2.20 bits per heavy atom. The smallest absolute Gasteiger partial charge is 0.258 e. The van der Waals surface area contributed by atoms with E-state index in [9.17, 15) is 5.26 Å². The number of anilines is 1. The Morgan fingerprint density at radius 3 is 2.85 bits per heavy atom. The van der Waals surface area contributed by atoms with Crippen LogP contribution in [-0.2, 0) is 0 Å². The summed E-state index contributed by atoms with van der Waals surface area (Å²) in [6.45, 7) is 2.32. The lowest BCUT2D eigenvalue weighted by Crippen LogP contribution is -3.00. The summed E-state index contributed by atoms with van der Waals surface area (Å²) in [6, 6.07) is 5.04. The van der Waals surface area contributed by atoms with Crippen molar-refractivity contribution in [3.05, 3.63) is 17.3 Å². The van der Waals surface area contributed by atoms with Crippen LogP contribution in [0.4, 0.5) is 5.69 Å². The van der Waals surface area contributed by atoms with Crippen molar-refractivity contribution in [3.8, 4) is 6.07 Å². The van der Waals surface area contributed by atoms with E-state index in [1.165, 1.54) is 29.2 Å². The Morgan fingerprint density at radius 1 is 1.45 bits per heavy atom. The maximum Gasteiger partial charge on any atom is 0.258 e. The van der Waals surface area contributed by atoms with Crippen molar-refractivity contribution in [2.24, 2.45) is 0 Å². The van der Waals surface area contributed by atoms with Crippen LogP contribution in [0.5, 0.6) is 0 Å². The molecule has 1 saturated heterocycles. The van der Waals surface area contributed by atoms with E-state index in [2.05, 4.69) is 37.5 Å². The molecule has 6 heteroatoms. The van der Waals surface area contributed by atoms with Crippen molar-refractivity contribution in [1.29, 1.82) is 5.26 Å². The van der Waals surface area contributed by atoms with Gasteiger partial charge in [0.15, 0.2) is 6.04 Å². The zero-order valence-electron chi connectivity index (χ0n) is 11.0. The minimum atomic E-state index is 0. The maximum absolute atomic E-state index is 9.43. The van der Waals surface area contributed by atoms with E-state index in [4.69, 9.17) is 0 Å². The molecule has 1 unspecified atom stereocenters. The lowest BCUT2D eigenvalue weighted by molar-refractivity contribution is -0.750. The summed E-state index contributed by atoms with van der Waals surface area (Å²) < 4.78 is 2.48. The molecule has 0 aromatic carbocycles. The summed E-state index contributed by atoms with van der Waals surface area (Å²) in [5.74, 6) is 1.79. The molecule has 1 atom stereocenters. The van der Waals surface area contributed by atoms with E-state index in [0.717, 1.165) is 29.7 Å². The minimum absolute atomic E-state index is 0. The first-order chi connectivity index (χ1) is 9.33. The number of rotatable bonds is 1. The number of hydrogen-bond donors (Lipinski definition) is 0. The first-order valence-corrected chi connectivity index (χ1v) is 8.90. The van der Waals surface area contributed by atoms with Crippen LogP contribution in [0.25, 0.3) is 0 Å². The molecule has 0 amide bonds. The highest BCUT2D eigenvalue weighted by atomic mass is 79.9. The fraction of sp³-hybridized carbons (Fsp3) is 0.571. The quantitative estimate of drug-likeness (QED) is 0.460. The number of fused-ring (bicyclic) bond motifs is 3. The van der Waals surface area contributed by atoms with Crippen LogP contribution in [-0.4, -0.2) is 24.2 Å². The number of nitrogens with zero attached hydrogens (tertiary/aromatic N) is 3. The summed E-state index contributed by atoms with van der Waals surface area (Å²) in [6.07, 6.45) is 2.55. The first-order valence-electron chi connectivity index (χ1n) is 6.79. The topological polar surface area (TPSA) is 30.9 Å². The molecule has 1 aromatic rings. The van der Waals surface area contributed by atoms with Gasteiger partial charge >= 0.3 is 0 Å². The van der Waals surface area contributed by atoms with Gasteiger partial charge in [-0.25, -0.2) is 0 Å². The van der Waals surface area contributed by atoms with E-state index in [1.807, 2.05) is 11.8 Å². The Hall–Kier alpha value is -0.250. The van der Waals surface area contributed by atoms with Gasteiger partial charge in [0.05, 0.1) is 11.1 Å². The number of aromatic nitrogens is 1. The van der Waals surface area contributed by atoms with Gasteiger partial charge in [0.2, 0.25) is 5.69 Å². The van der Waals surface area contributed by atoms with Crippen LogP contribution in [0.2, 0.25) is 0 Å². The third-order valence-corrected chi connectivity index (χ3v) is 6.54. The van der Waals surface area contributed by atoms with E-state index in [-0.39, 0.29) is 17.0 Å². The van der Waals surface area contributed by atoms with E-state index in [0.29, 0.717) is 12.0 Å². The van der Waals surface area contributed by atoms with Crippen LogP contribution in [0.3, 0.4) is 0 Å². The molecule has 3 nitrogen and oxygen atoms in total. The van der Waals surface area contributed by atoms with Gasteiger partial charge in [-0.3, -0.25) is 0 Å². The minimum Gasteiger partial charge on any atom is -1.00 e. The van der Waals surface area contributed by atoms with E-state index in [1.54, 1.807) is 0 Å². The number of halogens is 2. The molecule has 0 radical (unpaired) electrons. The van der Waals surface area contributed by atoms with Crippen molar-refractivity contribution < 1.29 is 21.5 Å². The number of pyridine rings is 1. The maximum atomic E-state index is 9.43. The van der Waals surface area contributed by atoms with Crippen molar-refractivity contribution in [2.75, 3.05) is 29.1 Å². The highest BCUT2D eigenvalue weighted by molar-refractivity contribution is 9.09. The Balaban J connectivity index is 0.00000121. The summed E-state index contributed by atoms with van der Waals surface area (Å²) in [5.41, 5.74) is 3.69. The van der Waals surface area contributed by atoms with Crippen molar-refractivity contribution in [2.45, 2.75) is 29.8 Å². The molecule has 1 fully saturated rings. The van der Waals surface area contributed by atoms with Gasteiger partial charge < -0.3 is 21.9 Å². The fourth-order valence-electron chi connectivity index (χ4n) is 3.64. The number of thioether (sulfide) groups is 1. The highest BCUT2D eigenvalue weighted by Crippen LogP contribution is 2.44. The van der Waals surface area contributed by atoms with Gasteiger partial charge in [0.1, 0.15) is 17.3 Å².